The van der Waals surface area contributed by atoms with E-state index in [1.165, 1.54) is 0 Å². The minimum Gasteiger partial charge on any atom is -0.377 e. The van der Waals surface area contributed by atoms with E-state index in [0.29, 0.717) is 25.6 Å². The highest BCUT2D eigenvalue weighted by atomic mass is 16.5. The summed E-state index contributed by atoms with van der Waals surface area (Å²) >= 11 is 0. The standard InChI is InChI=1S/C14H26N4O2/c1-6-15-11-8-12(18-13(17-11)9-19-5)16-10-14(3,4)20-7-2/h8H,6-7,9-10H2,1-5H3,(H2,15,16,17,18). The van der Waals surface area contributed by atoms with E-state index in [0.717, 1.165) is 18.2 Å². The van der Waals surface area contributed by atoms with Crippen LogP contribution in [0, 0.1) is 0 Å². The summed E-state index contributed by atoms with van der Waals surface area (Å²) in [6.07, 6.45) is 0. The van der Waals surface area contributed by atoms with Crippen molar-refractivity contribution in [1.82, 2.24) is 9.97 Å². The first-order chi connectivity index (χ1) is 9.50. The van der Waals surface area contributed by atoms with Crippen molar-refractivity contribution in [2.45, 2.75) is 39.9 Å². The molecule has 2 N–H and O–H groups in total. The number of ether oxygens (including phenoxy) is 2. The van der Waals surface area contributed by atoms with Gasteiger partial charge in [0.1, 0.15) is 18.2 Å². The lowest BCUT2D eigenvalue weighted by Gasteiger charge is -2.25. The van der Waals surface area contributed by atoms with E-state index >= 15 is 0 Å². The lowest BCUT2D eigenvalue weighted by atomic mass is 10.1. The molecule has 6 nitrogen and oxygen atoms in total. The normalized spacial score (nSPS) is 11.4. The van der Waals surface area contributed by atoms with Gasteiger partial charge in [-0.05, 0) is 27.7 Å². The Balaban J connectivity index is 2.77. The predicted octanol–water partition coefficient (Wildman–Crippen LogP) is 2.28. The predicted molar refractivity (Wildman–Crippen MR) is 81.1 cm³/mol. The molecule has 0 radical (unpaired) electrons. The second-order valence-corrected chi connectivity index (χ2v) is 5.06. The molecule has 0 aromatic carbocycles. The highest BCUT2D eigenvalue weighted by Gasteiger charge is 2.17. The molecule has 0 unspecified atom stereocenters. The van der Waals surface area contributed by atoms with Crippen LogP contribution in [-0.2, 0) is 16.1 Å². The highest BCUT2D eigenvalue weighted by Crippen LogP contribution is 2.15. The monoisotopic (exact) mass is 282 g/mol. The van der Waals surface area contributed by atoms with Gasteiger partial charge in [0.05, 0.1) is 5.60 Å². The van der Waals surface area contributed by atoms with Gasteiger partial charge in [-0.1, -0.05) is 0 Å². The van der Waals surface area contributed by atoms with Crippen LogP contribution in [-0.4, -0.2) is 42.4 Å². The summed E-state index contributed by atoms with van der Waals surface area (Å²) in [6.45, 7) is 10.7. The van der Waals surface area contributed by atoms with Crippen molar-refractivity contribution in [1.29, 1.82) is 0 Å². The van der Waals surface area contributed by atoms with Crippen LogP contribution >= 0.6 is 0 Å². The second-order valence-electron chi connectivity index (χ2n) is 5.06. The van der Waals surface area contributed by atoms with Crippen LogP contribution in [0.3, 0.4) is 0 Å². The molecule has 1 heterocycles. The van der Waals surface area contributed by atoms with Crippen LogP contribution in [0.2, 0.25) is 0 Å². The van der Waals surface area contributed by atoms with Gasteiger partial charge in [0, 0.05) is 32.9 Å². The third-order valence-corrected chi connectivity index (χ3v) is 2.63. The number of nitrogens with one attached hydrogen (secondary N) is 2. The fourth-order valence-corrected chi connectivity index (χ4v) is 1.80. The van der Waals surface area contributed by atoms with Gasteiger partial charge in [0.25, 0.3) is 0 Å². The second kappa shape index (κ2) is 8.01. The zero-order chi connectivity index (χ0) is 15.0. The minimum atomic E-state index is -0.237. The molecule has 0 amide bonds. The summed E-state index contributed by atoms with van der Waals surface area (Å²) < 4.78 is 10.8. The van der Waals surface area contributed by atoms with Crippen LogP contribution in [0.1, 0.15) is 33.5 Å². The van der Waals surface area contributed by atoms with Crippen molar-refractivity contribution in [3.05, 3.63) is 11.9 Å². The van der Waals surface area contributed by atoms with Crippen molar-refractivity contribution in [3.8, 4) is 0 Å². The molecule has 0 fully saturated rings. The molecule has 114 valence electrons. The Hall–Kier alpha value is -1.40. The zero-order valence-electron chi connectivity index (χ0n) is 13.1. The number of hydrogen-bond acceptors (Lipinski definition) is 6. The lowest BCUT2D eigenvalue weighted by molar-refractivity contribution is 0.000634. The Labute approximate surface area is 121 Å². The maximum Gasteiger partial charge on any atom is 0.158 e. The molecule has 0 bridgehead atoms. The van der Waals surface area contributed by atoms with E-state index in [1.807, 2.05) is 33.8 Å². The number of hydrogen-bond donors (Lipinski definition) is 2. The molecule has 1 aromatic heterocycles. The molecule has 0 spiro atoms. The van der Waals surface area contributed by atoms with Gasteiger partial charge >= 0.3 is 0 Å². The molecule has 0 aliphatic carbocycles. The van der Waals surface area contributed by atoms with Crippen LogP contribution in [0.15, 0.2) is 6.07 Å². The quantitative estimate of drug-likeness (QED) is 0.724. The summed E-state index contributed by atoms with van der Waals surface area (Å²) in [5, 5.41) is 6.49. The van der Waals surface area contributed by atoms with E-state index < -0.39 is 0 Å². The summed E-state index contributed by atoms with van der Waals surface area (Å²) in [5.74, 6) is 2.23. The molecular formula is C14H26N4O2. The van der Waals surface area contributed by atoms with Crippen molar-refractivity contribution in [2.75, 3.05) is 37.4 Å². The van der Waals surface area contributed by atoms with Crippen LogP contribution < -0.4 is 10.6 Å². The Bertz CT molecular complexity index is 386. The lowest BCUT2D eigenvalue weighted by Crippen LogP contribution is -2.33. The molecule has 1 aromatic rings. The van der Waals surface area contributed by atoms with Crippen molar-refractivity contribution in [2.24, 2.45) is 0 Å². The van der Waals surface area contributed by atoms with Gasteiger partial charge in [-0.3, -0.25) is 0 Å². The van der Waals surface area contributed by atoms with E-state index in [1.54, 1.807) is 7.11 Å². The summed E-state index contributed by atoms with van der Waals surface area (Å²) in [7, 11) is 1.63. The molecule has 0 aliphatic rings. The molecule has 20 heavy (non-hydrogen) atoms. The number of nitrogens with zero attached hydrogens (tertiary/aromatic N) is 2. The first kappa shape index (κ1) is 16.7. The Morgan fingerprint density at radius 1 is 1.15 bits per heavy atom. The maximum atomic E-state index is 5.66. The fraction of sp³-hybridized carbons (Fsp3) is 0.714. The van der Waals surface area contributed by atoms with Gasteiger partial charge < -0.3 is 20.1 Å². The van der Waals surface area contributed by atoms with Gasteiger partial charge in [-0.25, -0.2) is 9.97 Å². The molecule has 0 atom stereocenters. The SMILES string of the molecule is CCNc1cc(NCC(C)(C)OCC)nc(COC)n1. The first-order valence-corrected chi connectivity index (χ1v) is 6.99. The van der Waals surface area contributed by atoms with Crippen LogP contribution in [0.25, 0.3) is 0 Å². The van der Waals surface area contributed by atoms with E-state index in [9.17, 15) is 0 Å². The third kappa shape index (κ3) is 5.71. The average Bonchev–Trinajstić information content (AvgIpc) is 2.37. The van der Waals surface area contributed by atoms with Crippen molar-refractivity contribution < 1.29 is 9.47 Å². The largest absolute Gasteiger partial charge is 0.377 e. The van der Waals surface area contributed by atoms with Gasteiger partial charge in [-0.2, -0.15) is 0 Å². The Kier molecular flexibility index (Phi) is 6.67. The number of rotatable bonds is 9. The molecule has 0 saturated heterocycles. The van der Waals surface area contributed by atoms with E-state index in [4.69, 9.17) is 9.47 Å². The maximum absolute atomic E-state index is 5.66. The van der Waals surface area contributed by atoms with Crippen molar-refractivity contribution >= 4 is 11.6 Å². The number of methoxy groups -OCH3 is 1. The topological polar surface area (TPSA) is 68.3 Å². The number of anilines is 2. The van der Waals surface area contributed by atoms with Crippen LogP contribution in [0.4, 0.5) is 11.6 Å². The molecule has 0 aliphatic heterocycles. The number of aromatic nitrogens is 2. The highest BCUT2D eigenvalue weighted by molar-refractivity contribution is 5.47. The fourth-order valence-electron chi connectivity index (χ4n) is 1.80. The molecule has 1 rings (SSSR count). The zero-order valence-corrected chi connectivity index (χ0v) is 13.1. The van der Waals surface area contributed by atoms with Gasteiger partial charge in [0.2, 0.25) is 0 Å². The van der Waals surface area contributed by atoms with E-state index in [2.05, 4.69) is 20.6 Å². The summed E-state index contributed by atoms with van der Waals surface area (Å²) in [5.41, 5.74) is -0.237. The van der Waals surface area contributed by atoms with Gasteiger partial charge in [-0.15, -0.1) is 0 Å². The molecule has 0 saturated carbocycles. The van der Waals surface area contributed by atoms with E-state index in [-0.39, 0.29) is 5.60 Å². The Morgan fingerprint density at radius 2 is 1.80 bits per heavy atom. The van der Waals surface area contributed by atoms with Crippen molar-refractivity contribution in [3.63, 3.8) is 0 Å². The first-order valence-electron chi connectivity index (χ1n) is 6.99. The third-order valence-electron chi connectivity index (χ3n) is 2.63. The summed E-state index contributed by atoms with van der Waals surface area (Å²) in [4.78, 5) is 8.80. The average molecular weight is 282 g/mol. The molecular weight excluding hydrogens is 256 g/mol. The van der Waals surface area contributed by atoms with Gasteiger partial charge in [0.15, 0.2) is 5.82 Å². The Morgan fingerprint density at radius 3 is 2.35 bits per heavy atom. The molecule has 6 heteroatoms. The van der Waals surface area contributed by atoms with Crippen LogP contribution in [0.5, 0.6) is 0 Å². The summed E-state index contributed by atoms with van der Waals surface area (Å²) in [6, 6.07) is 1.89. The smallest absolute Gasteiger partial charge is 0.158 e. The minimum absolute atomic E-state index is 0.237.